The number of nitrogens with one attached hydrogen (secondary N) is 1. The van der Waals surface area contributed by atoms with Crippen molar-refractivity contribution in [2.24, 2.45) is 22.7 Å². The number of ketones is 1. The Morgan fingerprint density at radius 1 is 1.23 bits per heavy atom. The van der Waals surface area contributed by atoms with E-state index >= 15 is 0 Å². The lowest BCUT2D eigenvalue weighted by Gasteiger charge is -2.48. The SMILES string of the molecule is CC[C@]1(c2cccc(-c3cnn(C)c3)c2)C2=C(CC(C)(C)CC2=O)NC2N=NC(C)=C21. The summed E-state index contributed by atoms with van der Waals surface area (Å²) in [5.74, 6) is 0.234. The third-order valence-electron chi connectivity index (χ3n) is 6.98. The fourth-order valence-corrected chi connectivity index (χ4v) is 5.74. The number of hydrogen-bond donors (Lipinski definition) is 1. The third kappa shape index (κ3) is 2.92. The van der Waals surface area contributed by atoms with E-state index in [0.717, 1.165) is 52.1 Å². The number of carbonyl (C=O) groups is 1. The van der Waals surface area contributed by atoms with Crippen LogP contribution < -0.4 is 5.32 Å². The first-order chi connectivity index (χ1) is 14.7. The highest BCUT2D eigenvalue weighted by atomic mass is 16.1. The molecule has 2 aromatic rings. The van der Waals surface area contributed by atoms with E-state index < -0.39 is 5.41 Å². The molecule has 1 N–H and O–H groups in total. The minimum atomic E-state index is -0.523. The zero-order valence-corrected chi connectivity index (χ0v) is 18.9. The highest BCUT2D eigenvalue weighted by molar-refractivity contribution is 6.01. The summed E-state index contributed by atoms with van der Waals surface area (Å²) in [7, 11) is 1.92. The standard InChI is InChI=1S/C25H29N5O/c1-6-25(18-9-7-8-16(10-18)17-13-26-30(5)14-17)21-15(2)28-29-23(21)27-19-11-24(3,4)12-20(31)22(19)25/h7-10,13-14,23,27H,6,11-12H2,1-5H3/t23?,25-/m1/s1. The lowest BCUT2D eigenvalue weighted by molar-refractivity contribution is -0.119. The Morgan fingerprint density at radius 2 is 2.03 bits per heavy atom. The van der Waals surface area contributed by atoms with Gasteiger partial charge in [-0.1, -0.05) is 39.0 Å². The number of azo groups is 1. The van der Waals surface area contributed by atoms with Gasteiger partial charge in [-0.2, -0.15) is 15.3 Å². The summed E-state index contributed by atoms with van der Waals surface area (Å²) in [5.41, 5.74) is 6.69. The molecule has 31 heavy (non-hydrogen) atoms. The number of nitrogens with zero attached hydrogens (tertiary/aromatic N) is 4. The molecule has 3 heterocycles. The van der Waals surface area contributed by atoms with Crippen LogP contribution in [0.5, 0.6) is 0 Å². The van der Waals surface area contributed by atoms with Gasteiger partial charge in [-0.05, 0) is 42.4 Å². The first kappa shape index (κ1) is 19.9. The molecule has 160 valence electrons. The van der Waals surface area contributed by atoms with Gasteiger partial charge in [-0.25, -0.2) is 0 Å². The highest BCUT2D eigenvalue weighted by Crippen LogP contribution is 2.55. The van der Waals surface area contributed by atoms with Crippen LogP contribution in [0.3, 0.4) is 0 Å². The van der Waals surface area contributed by atoms with Gasteiger partial charge >= 0.3 is 0 Å². The van der Waals surface area contributed by atoms with Crippen molar-refractivity contribution >= 4 is 5.78 Å². The molecule has 2 aliphatic heterocycles. The minimum Gasteiger partial charge on any atom is -0.362 e. The molecule has 0 saturated heterocycles. The molecule has 0 fully saturated rings. The van der Waals surface area contributed by atoms with Crippen LogP contribution in [0.2, 0.25) is 0 Å². The second kappa shape index (κ2) is 6.74. The summed E-state index contributed by atoms with van der Waals surface area (Å²) in [6, 6.07) is 8.57. The summed E-state index contributed by atoms with van der Waals surface area (Å²) in [6.07, 6.45) is 5.88. The summed E-state index contributed by atoms with van der Waals surface area (Å²) in [6.45, 7) is 8.52. The summed E-state index contributed by atoms with van der Waals surface area (Å²) in [4.78, 5) is 13.7. The van der Waals surface area contributed by atoms with Crippen molar-refractivity contribution in [3.05, 3.63) is 64.8 Å². The summed E-state index contributed by atoms with van der Waals surface area (Å²) >= 11 is 0. The second-order valence-electron chi connectivity index (χ2n) is 9.80. The molecule has 0 saturated carbocycles. The van der Waals surface area contributed by atoms with Gasteiger partial charge in [0.1, 0.15) is 0 Å². The Morgan fingerprint density at radius 3 is 2.74 bits per heavy atom. The lowest BCUT2D eigenvalue weighted by Crippen LogP contribution is -2.51. The van der Waals surface area contributed by atoms with Crippen molar-refractivity contribution in [3.8, 4) is 11.1 Å². The predicted octanol–water partition coefficient (Wildman–Crippen LogP) is 5.05. The number of aromatic nitrogens is 2. The molecule has 6 heteroatoms. The van der Waals surface area contributed by atoms with Crippen molar-refractivity contribution < 1.29 is 4.79 Å². The van der Waals surface area contributed by atoms with Gasteiger partial charge in [0.25, 0.3) is 0 Å². The molecule has 2 atom stereocenters. The van der Waals surface area contributed by atoms with Crippen LogP contribution >= 0.6 is 0 Å². The van der Waals surface area contributed by atoms with E-state index in [9.17, 15) is 4.79 Å². The van der Waals surface area contributed by atoms with Crippen LogP contribution in [0.25, 0.3) is 11.1 Å². The molecular formula is C25H29N5O. The van der Waals surface area contributed by atoms with Crippen LogP contribution in [-0.4, -0.2) is 21.7 Å². The van der Waals surface area contributed by atoms with Gasteiger partial charge in [0, 0.05) is 42.1 Å². The Hall–Kier alpha value is -3.02. The van der Waals surface area contributed by atoms with Gasteiger partial charge in [0.15, 0.2) is 11.9 Å². The number of allylic oxidation sites excluding steroid dienone is 3. The number of rotatable bonds is 3. The molecule has 0 spiro atoms. The maximum atomic E-state index is 13.7. The van der Waals surface area contributed by atoms with E-state index in [1.54, 1.807) is 0 Å². The predicted molar refractivity (Wildman–Crippen MR) is 120 cm³/mol. The molecule has 1 aliphatic carbocycles. The lowest BCUT2D eigenvalue weighted by atomic mass is 9.58. The first-order valence-electron chi connectivity index (χ1n) is 11.0. The normalized spacial score (nSPS) is 26.7. The van der Waals surface area contributed by atoms with Crippen LogP contribution in [0, 0.1) is 5.41 Å². The van der Waals surface area contributed by atoms with Gasteiger partial charge in [0.05, 0.1) is 17.3 Å². The third-order valence-corrected chi connectivity index (χ3v) is 6.98. The van der Waals surface area contributed by atoms with E-state index in [4.69, 9.17) is 0 Å². The molecule has 5 rings (SSSR count). The second-order valence-corrected chi connectivity index (χ2v) is 9.80. The maximum Gasteiger partial charge on any atom is 0.165 e. The molecule has 0 bridgehead atoms. The fraction of sp³-hybridized carbons (Fsp3) is 0.440. The van der Waals surface area contributed by atoms with E-state index in [0.29, 0.717) is 6.42 Å². The number of benzene rings is 1. The van der Waals surface area contributed by atoms with E-state index in [1.807, 2.05) is 31.0 Å². The maximum absolute atomic E-state index is 13.7. The summed E-state index contributed by atoms with van der Waals surface area (Å²) < 4.78 is 1.81. The van der Waals surface area contributed by atoms with E-state index in [1.165, 1.54) is 0 Å². The number of fused-ring (bicyclic) bond motifs is 1. The first-order valence-corrected chi connectivity index (χ1v) is 11.0. The molecule has 0 amide bonds. The van der Waals surface area contributed by atoms with Crippen LogP contribution in [0.4, 0.5) is 0 Å². The highest BCUT2D eigenvalue weighted by Gasteiger charge is 2.53. The zero-order valence-electron chi connectivity index (χ0n) is 18.9. The molecule has 1 aromatic carbocycles. The summed E-state index contributed by atoms with van der Waals surface area (Å²) in [5, 5.41) is 16.9. The molecule has 3 aliphatic rings. The van der Waals surface area contributed by atoms with Crippen molar-refractivity contribution in [2.75, 3.05) is 0 Å². The Labute approximate surface area is 183 Å². The van der Waals surface area contributed by atoms with Crippen LogP contribution in [-0.2, 0) is 17.3 Å². The molecule has 1 aromatic heterocycles. The van der Waals surface area contributed by atoms with Crippen molar-refractivity contribution in [1.29, 1.82) is 0 Å². The molecule has 1 unspecified atom stereocenters. The van der Waals surface area contributed by atoms with E-state index in [2.05, 4.69) is 65.7 Å². The average Bonchev–Trinajstić information content (AvgIpc) is 3.31. The van der Waals surface area contributed by atoms with E-state index in [-0.39, 0.29) is 17.4 Å². The average molecular weight is 416 g/mol. The van der Waals surface area contributed by atoms with Gasteiger partial charge in [0.2, 0.25) is 0 Å². The number of Topliss-reactive ketones (excluding diaryl/α,β-unsaturated/α-hetero) is 1. The van der Waals surface area contributed by atoms with Gasteiger partial charge in [-0.15, -0.1) is 0 Å². The number of hydrogen-bond acceptors (Lipinski definition) is 5. The quantitative estimate of drug-likeness (QED) is 0.763. The molecular weight excluding hydrogens is 386 g/mol. The van der Waals surface area contributed by atoms with Gasteiger partial charge < -0.3 is 5.32 Å². The number of aryl methyl sites for hydroxylation is 1. The van der Waals surface area contributed by atoms with Gasteiger partial charge in [-0.3, -0.25) is 9.48 Å². The molecule has 0 radical (unpaired) electrons. The minimum absolute atomic E-state index is 0.0635. The topological polar surface area (TPSA) is 71.6 Å². The molecule has 6 nitrogen and oxygen atoms in total. The van der Waals surface area contributed by atoms with Crippen molar-refractivity contribution in [2.45, 2.75) is 58.5 Å². The van der Waals surface area contributed by atoms with Crippen molar-refractivity contribution in [1.82, 2.24) is 15.1 Å². The van der Waals surface area contributed by atoms with Crippen LogP contribution in [0.15, 0.2) is 69.4 Å². The monoisotopic (exact) mass is 415 g/mol. The largest absolute Gasteiger partial charge is 0.362 e. The Balaban J connectivity index is 1.77. The fourth-order valence-electron chi connectivity index (χ4n) is 5.74. The Kier molecular flexibility index (Phi) is 4.33. The smallest absolute Gasteiger partial charge is 0.165 e. The zero-order chi connectivity index (χ0) is 22.0. The Bertz CT molecular complexity index is 1180. The number of carbonyl (C=O) groups excluding carboxylic acids is 1. The van der Waals surface area contributed by atoms with Crippen LogP contribution in [0.1, 0.15) is 52.5 Å². The van der Waals surface area contributed by atoms with Crippen molar-refractivity contribution in [3.63, 3.8) is 0 Å².